The topological polar surface area (TPSA) is 21.3 Å². The quantitative estimate of drug-likeness (QED) is 0.549. The van der Waals surface area contributed by atoms with Crippen LogP contribution in [0.3, 0.4) is 0 Å². The molecule has 1 saturated heterocycles. The van der Waals surface area contributed by atoms with E-state index in [1.54, 1.807) is 0 Å². The molecule has 1 N–H and O–H groups in total. The highest BCUT2D eigenvalue weighted by Crippen LogP contribution is 2.12. The molecular weight excluding hydrogens is 126 g/mol. The monoisotopic (exact) mass is 143 g/mol. The molecule has 10 heavy (non-hydrogen) atoms. The maximum absolute atomic E-state index is 5.65. The van der Waals surface area contributed by atoms with Crippen LogP contribution in [0.25, 0.3) is 0 Å². The van der Waals surface area contributed by atoms with Gasteiger partial charge in [-0.2, -0.15) is 0 Å². The molecule has 60 valence electrons. The van der Waals surface area contributed by atoms with Crippen LogP contribution in [0, 0.1) is 0 Å². The predicted molar refractivity (Wildman–Crippen MR) is 42.1 cm³/mol. The van der Waals surface area contributed by atoms with Gasteiger partial charge in [0.25, 0.3) is 0 Å². The van der Waals surface area contributed by atoms with E-state index < -0.39 is 0 Å². The number of nitrogens with one attached hydrogen (secondary N) is 1. The summed E-state index contributed by atoms with van der Waals surface area (Å²) in [4.78, 5) is 0. The van der Waals surface area contributed by atoms with Gasteiger partial charge in [0.2, 0.25) is 0 Å². The number of hydrogen-bond acceptors (Lipinski definition) is 2. The van der Waals surface area contributed by atoms with Crippen molar-refractivity contribution in [2.45, 2.75) is 52.0 Å². The van der Waals surface area contributed by atoms with E-state index in [2.05, 4.69) is 33.0 Å². The number of ether oxygens (including phenoxy) is 1. The van der Waals surface area contributed by atoms with E-state index in [1.807, 2.05) is 0 Å². The molecule has 4 atom stereocenters. The fourth-order valence-corrected chi connectivity index (χ4v) is 1.26. The average Bonchev–Trinajstić information content (AvgIpc) is 1.84. The number of hydrogen-bond donors (Lipinski definition) is 1. The van der Waals surface area contributed by atoms with Crippen molar-refractivity contribution in [3.05, 3.63) is 0 Å². The maximum Gasteiger partial charge on any atom is 0.0701 e. The first kappa shape index (κ1) is 8.02. The van der Waals surface area contributed by atoms with Crippen LogP contribution < -0.4 is 5.32 Å². The molecule has 0 unspecified atom stereocenters. The predicted octanol–water partition coefficient (Wildman–Crippen LogP) is 1.16. The largest absolute Gasteiger partial charge is 0.372 e. The second-order valence-corrected chi connectivity index (χ2v) is 3.29. The van der Waals surface area contributed by atoms with Crippen LogP contribution in [0.2, 0.25) is 0 Å². The molecule has 0 spiro atoms. The minimum absolute atomic E-state index is 0.353. The van der Waals surface area contributed by atoms with Gasteiger partial charge in [-0.25, -0.2) is 0 Å². The van der Waals surface area contributed by atoms with Crippen LogP contribution in [-0.2, 0) is 4.74 Å². The van der Waals surface area contributed by atoms with Crippen molar-refractivity contribution in [1.82, 2.24) is 5.32 Å². The lowest BCUT2D eigenvalue weighted by molar-refractivity contribution is -0.0620. The van der Waals surface area contributed by atoms with Crippen LogP contribution in [0.15, 0.2) is 0 Å². The Kier molecular flexibility index (Phi) is 2.32. The molecule has 0 bridgehead atoms. The summed E-state index contributed by atoms with van der Waals surface area (Å²) >= 11 is 0. The Morgan fingerprint density at radius 2 is 1.30 bits per heavy atom. The molecule has 1 fully saturated rings. The second kappa shape index (κ2) is 2.89. The van der Waals surface area contributed by atoms with Gasteiger partial charge in [-0.1, -0.05) is 0 Å². The third-order valence-electron chi connectivity index (χ3n) is 2.36. The van der Waals surface area contributed by atoms with E-state index in [1.165, 1.54) is 0 Å². The van der Waals surface area contributed by atoms with Crippen LogP contribution in [-0.4, -0.2) is 24.3 Å². The van der Waals surface area contributed by atoms with E-state index >= 15 is 0 Å². The Hall–Kier alpha value is -0.0800. The Balaban J connectivity index is 2.46. The summed E-state index contributed by atoms with van der Waals surface area (Å²) in [5.41, 5.74) is 0. The molecular formula is C8H17NO. The fraction of sp³-hybridized carbons (Fsp3) is 1.00. The zero-order chi connectivity index (χ0) is 7.72. The zero-order valence-electron chi connectivity index (χ0n) is 7.22. The lowest BCUT2D eigenvalue weighted by Crippen LogP contribution is -2.54. The van der Waals surface area contributed by atoms with Gasteiger partial charge in [-0.15, -0.1) is 0 Å². The highest BCUT2D eigenvalue weighted by atomic mass is 16.5. The van der Waals surface area contributed by atoms with E-state index in [0.717, 1.165) is 0 Å². The summed E-state index contributed by atoms with van der Waals surface area (Å²) in [7, 11) is 0. The molecule has 1 aliphatic heterocycles. The van der Waals surface area contributed by atoms with Crippen molar-refractivity contribution in [2.24, 2.45) is 0 Å². The van der Waals surface area contributed by atoms with Gasteiger partial charge in [0.1, 0.15) is 0 Å². The summed E-state index contributed by atoms with van der Waals surface area (Å²) in [5, 5.41) is 3.45. The lowest BCUT2D eigenvalue weighted by Gasteiger charge is -2.37. The molecule has 1 rings (SSSR count). The Morgan fingerprint density at radius 3 is 1.60 bits per heavy atom. The number of rotatable bonds is 0. The van der Waals surface area contributed by atoms with Gasteiger partial charge >= 0.3 is 0 Å². The van der Waals surface area contributed by atoms with E-state index in [9.17, 15) is 0 Å². The Labute approximate surface area is 63.0 Å². The molecule has 0 aromatic carbocycles. The maximum atomic E-state index is 5.65. The van der Waals surface area contributed by atoms with Crippen molar-refractivity contribution < 1.29 is 4.74 Å². The Morgan fingerprint density at radius 1 is 0.900 bits per heavy atom. The van der Waals surface area contributed by atoms with Crippen LogP contribution in [0.1, 0.15) is 27.7 Å². The first-order chi connectivity index (χ1) is 4.61. The number of morpholine rings is 1. The van der Waals surface area contributed by atoms with Gasteiger partial charge in [-0.3, -0.25) is 0 Å². The minimum Gasteiger partial charge on any atom is -0.372 e. The molecule has 2 nitrogen and oxygen atoms in total. The highest BCUT2D eigenvalue weighted by Gasteiger charge is 2.26. The summed E-state index contributed by atoms with van der Waals surface area (Å²) in [6.45, 7) is 8.54. The van der Waals surface area contributed by atoms with E-state index in [0.29, 0.717) is 24.3 Å². The van der Waals surface area contributed by atoms with E-state index in [4.69, 9.17) is 4.74 Å². The molecule has 0 aliphatic carbocycles. The average molecular weight is 143 g/mol. The van der Waals surface area contributed by atoms with Crippen LogP contribution >= 0.6 is 0 Å². The third-order valence-corrected chi connectivity index (χ3v) is 2.36. The standard InChI is InChI=1S/C8H17NO/c1-5-7(3)10-8(4)6(2)9-5/h5-9H,1-4H3/t5-,6-,7-,8+/m0/s1. The van der Waals surface area contributed by atoms with Gasteiger partial charge in [0.05, 0.1) is 12.2 Å². The van der Waals surface area contributed by atoms with Crippen molar-refractivity contribution in [1.29, 1.82) is 0 Å². The summed E-state index contributed by atoms with van der Waals surface area (Å²) in [5.74, 6) is 0. The molecule has 0 radical (unpaired) electrons. The van der Waals surface area contributed by atoms with Crippen molar-refractivity contribution >= 4 is 0 Å². The molecule has 1 aliphatic rings. The van der Waals surface area contributed by atoms with Gasteiger partial charge < -0.3 is 10.1 Å². The molecule has 2 heteroatoms. The second-order valence-electron chi connectivity index (χ2n) is 3.29. The molecule has 0 aromatic rings. The fourth-order valence-electron chi connectivity index (χ4n) is 1.26. The van der Waals surface area contributed by atoms with Crippen molar-refractivity contribution in [3.63, 3.8) is 0 Å². The first-order valence-electron chi connectivity index (χ1n) is 4.02. The summed E-state index contributed by atoms with van der Waals surface area (Å²) < 4.78 is 5.65. The minimum atomic E-state index is 0.353. The van der Waals surface area contributed by atoms with Crippen LogP contribution in [0.4, 0.5) is 0 Å². The summed E-state index contributed by atoms with van der Waals surface area (Å²) in [6, 6.07) is 0.984. The highest BCUT2D eigenvalue weighted by molar-refractivity contribution is 4.82. The SMILES string of the molecule is C[C@@H]1N[C@@H](C)[C@@H](C)O[C@H]1C. The van der Waals surface area contributed by atoms with Crippen LogP contribution in [0.5, 0.6) is 0 Å². The summed E-state index contributed by atoms with van der Waals surface area (Å²) in [6.07, 6.45) is 0.706. The Bertz CT molecular complexity index is 89.8. The van der Waals surface area contributed by atoms with Gasteiger partial charge in [0.15, 0.2) is 0 Å². The van der Waals surface area contributed by atoms with Gasteiger partial charge in [0, 0.05) is 12.1 Å². The molecule has 0 amide bonds. The molecule has 0 saturated carbocycles. The smallest absolute Gasteiger partial charge is 0.0701 e. The van der Waals surface area contributed by atoms with Gasteiger partial charge in [-0.05, 0) is 27.7 Å². The van der Waals surface area contributed by atoms with Crippen molar-refractivity contribution in [2.75, 3.05) is 0 Å². The van der Waals surface area contributed by atoms with Crippen molar-refractivity contribution in [3.8, 4) is 0 Å². The molecule has 1 heterocycles. The first-order valence-corrected chi connectivity index (χ1v) is 4.02. The third kappa shape index (κ3) is 1.50. The van der Waals surface area contributed by atoms with E-state index in [-0.39, 0.29) is 0 Å². The normalized spacial score (nSPS) is 49.2. The zero-order valence-corrected chi connectivity index (χ0v) is 7.22. The molecule has 0 aromatic heterocycles. The lowest BCUT2D eigenvalue weighted by atomic mass is 10.1.